The Morgan fingerprint density at radius 2 is 2.10 bits per heavy atom. The van der Waals surface area contributed by atoms with Crippen LogP contribution in [0.2, 0.25) is 0 Å². The Labute approximate surface area is 116 Å². The number of carboxylic acids is 1. The number of carboxylic acid groups (broad SMARTS) is 1. The van der Waals surface area contributed by atoms with Gasteiger partial charge < -0.3 is 15.4 Å². The van der Waals surface area contributed by atoms with Crippen molar-refractivity contribution in [3.05, 3.63) is 36.0 Å². The molecule has 1 aromatic carbocycles. The third-order valence-electron chi connectivity index (χ3n) is 3.99. The first-order valence-electron chi connectivity index (χ1n) is 6.69. The first-order chi connectivity index (χ1) is 9.58. The highest BCUT2D eigenvalue weighted by atomic mass is 16.4. The van der Waals surface area contributed by atoms with Crippen LogP contribution < -0.4 is 5.32 Å². The standard InChI is InChI=1S/C15H16N2O3/c18-13(19)9-15(5-1-6-15)17-14(20)11-2-3-12-10(8-11)4-7-16-12/h2-4,7-8,16H,1,5-6,9H2,(H,17,20)(H,18,19). The van der Waals surface area contributed by atoms with Gasteiger partial charge in [-0.05, 0) is 43.5 Å². The Hall–Kier alpha value is -2.30. The molecule has 0 aliphatic heterocycles. The maximum absolute atomic E-state index is 12.3. The number of carbonyl (C=O) groups excluding carboxylic acids is 1. The molecule has 0 bridgehead atoms. The lowest BCUT2D eigenvalue weighted by atomic mass is 9.74. The van der Waals surface area contributed by atoms with Gasteiger partial charge in [-0.2, -0.15) is 0 Å². The maximum Gasteiger partial charge on any atom is 0.305 e. The van der Waals surface area contributed by atoms with E-state index in [1.165, 1.54) is 0 Å². The van der Waals surface area contributed by atoms with Crippen molar-refractivity contribution in [1.29, 1.82) is 0 Å². The smallest absolute Gasteiger partial charge is 0.305 e. The molecular formula is C15H16N2O3. The Balaban J connectivity index is 1.79. The number of aromatic amines is 1. The summed E-state index contributed by atoms with van der Waals surface area (Å²) < 4.78 is 0. The number of rotatable bonds is 4. The minimum atomic E-state index is -0.869. The minimum absolute atomic E-state index is 0.00879. The van der Waals surface area contributed by atoms with E-state index in [1.807, 2.05) is 24.4 Å². The van der Waals surface area contributed by atoms with Crippen LogP contribution in [0.25, 0.3) is 10.9 Å². The summed E-state index contributed by atoms with van der Waals surface area (Å²) in [5, 5.41) is 12.8. The highest BCUT2D eigenvalue weighted by molar-refractivity contribution is 5.98. The quantitative estimate of drug-likeness (QED) is 0.798. The highest BCUT2D eigenvalue weighted by Crippen LogP contribution is 2.35. The zero-order valence-electron chi connectivity index (χ0n) is 11.0. The van der Waals surface area contributed by atoms with Crippen LogP contribution >= 0.6 is 0 Å². The predicted octanol–water partition coefficient (Wildman–Crippen LogP) is 2.30. The molecule has 1 heterocycles. The highest BCUT2D eigenvalue weighted by Gasteiger charge is 2.40. The molecule has 3 N–H and O–H groups in total. The normalized spacial score (nSPS) is 16.6. The second-order valence-electron chi connectivity index (χ2n) is 5.44. The van der Waals surface area contributed by atoms with Crippen molar-refractivity contribution < 1.29 is 14.7 Å². The topological polar surface area (TPSA) is 82.2 Å². The maximum atomic E-state index is 12.3. The van der Waals surface area contributed by atoms with Crippen molar-refractivity contribution in [3.63, 3.8) is 0 Å². The predicted molar refractivity (Wildman–Crippen MR) is 74.6 cm³/mol. The van der Waals surface area contributed by atoms with E-state index in [0.717, 1.165) is 30.2 Å². The van der Waals surface area contributed by atoms with E-state index in [0.29, 0.717) is 5.56 Å². The summed E-state index contributed by atoms with van der Waals surface area (Å²) in [6, 6.07) is 7.33. The first kappa shape index (κ1) is 12.7. The zero-order valence-corrected chi connectivity index (χ0v) is 11.0. The molecule has 0 atom stereocenters. The minimum Gasteiger partial charge on any atom is -0.481 e. The van der Waals surface area contributed by atoms with E-state index in [1.54, 1.807) is 6.07 Å². The number of amides is 1. The molecule has 1 aliphatic carbocycles. The third-order valence-corrected chi connectivity index (χ3v) is 3.99. The second kappa shape index (κ2) is 4.67. The van der Waals surface area contributed by atoms with Gasteiger partial charge in [0, 0.05) is 22.7 Å². The molecule has 3 rings (SSSR count). The Bertz CT molecular complexity index is 671. The van der Waals surface area contributed by atoms with E-state index < -0.39 is 11.5 Å². The molecule has 0 saturated heterocycles. The largest absolute Gasteiger partial charge is 0.481 e. The molecule has 0 radical (unpaired) electrons. The molecule has 104 valence electrons. The molecule has 1 fully saturated rings. The molecule has 1 saturated carbocycles. The molecule has 2 aromatic rings. The Kier molecular flexibility index (Phi) is 2.97. The monoisotopic (exact) mass is 272 g/mol. The van der Waals surface area contributed by atoms with Crippen LogP contribution in [0.5, 0.6) is 0 Å². The summed E-state index contributed by atoms with van der Waals surface area (Å²) in [4.78, 5) is 26.3. The van der Waals surface area contributed by atoms with E-state index in [2.05, 4.69) is 10.3 Å². The lowest BCUT2D eigenvalue weighted by molar-refractivity contribution is -0.139. The number of aromatic nitrogens is 1. The molecule has 5 heteroatoms. The first-order valence-corrected chi connectivity index (χ1v) is 6.69. The van der Waals surface area contributed by atoms with Gasteiger partial charge in [0.25, 0.3) is 5.91 Å². The SMILES string of the molecule is O=C(O)CC1(NC(=O)c2ccc3[nH]ccc3c2)CCC1. The fourth-order valence-electron chi connectivity index (χ4n) is 2.75. The number of hydrogen-bond donors (Lipinski definition) is 3. The Morgan fingerprint density at radius 3 is 2.75 bits per heavy atom. The van der Waals surface area contributed by atoms with Crippen LogP contribution in [0.4, 0.5) is 0 Å². The van der Waals surface area contributed by atoms with Gasteiger partial charge in [0.1, 0.15) is 0 Å². The fraction of sp³-hybridized carbons (Fsp3) is 0.333. The number of benzene rings is 1. The number of nitrogens with one attached hydrogen (secondary N) is 2. The molecule has 1 aromatic heterocycles. The lowest BCUT2D eigenvalue weighted by Gasteiger charge is -2.41. The summed E-state index contributed by atoms with van der Waals surface area (Å²) in [7, 11) is 0. The summed E-state index contributed by atoms with van der Waals surface area (Å²) in [6.07, 6.45) is 4.24. The number of aliphatic carboxylic acids is 1. The average molecular weight is 272 g/mol. The van der Waals surface area contributed by atoms with Crippen LogP contribution in [0.15, 0.2) is 30.5 Å². The fourth-order valence-corrected chi connectivity index (χ4v) is 2.75. The number of carbonyl (C=O) groups is 2. The molecular weight excluding hydrogens is 256 g/mol. The average Bonchev–Trinajstić information content (AvgIpc) is 2.82. The van der Waals surface area contributed by atoms with Gasteiger partial charge in [0.05, 0.1) is 12.0 Å². The van der Waals surface area contributed by atoms with Crippen LogP contribution in [-0.2, 0) is 4.79 Å². The van der Waals surface area contributed by atoms with E-state index in [-0.39, 0.29) is 12.3 Å². The van der Waals surface area contributed by atoms with Gasteiger partial charge in [-0.1, -0.05) is 0 Å². The van der Waals surface area contributed by atoms with Gasteiger partial charge in [-0.15, -0.1) is 0 Å². The summed E-state index contributed by atoms with van der Waals surface area (Å²) in [6.45, 7) is 0. The van der Waals surface area contributed by atoms with Crippen molar-refractivity contribution in [2.45, 2.75) is 31.2 Å². The van der Waals surface area contributed by atoms with Gasteiger partial charge >= 0.3 is 5.97 Å². The Morgan fingerprint density at radius 1 is 1.30 bits per heavy atom. The van der Waals surface area contributed by atoms with Gasteiger partial charge in [0.15, 0.2) is 0 Å². The van der Waals surface area contributed by atoms with E-state index >= 15 is 0 Å². The van der Waals surface area contributed by atoms with Gasteiger partial charge in [-0.3, -0.25) is 9.59 Å². The third kappa shape index (κ3) is 2.27. The van der Waals surface area contributed by atoms with E-state index in [9.17, 15) is 9.59 Å². The molecule has 5 nitrogen and oxygen atoms in total. The molecule has 20 heavy (non-hydrogen) atoms. The number of hydrogen-bond acceptors (Lipinski definition) is 2. The second-order valence-corrected chi connectivity index (χ2v) is 5.44. The molecule has 0 spiro atoms. The number of fused-ring (bicyclic) bond motifs is 1. The lowest BCUT2D eigenvalue weighted by Crippen LogP contribution is -2.54. The van der Waals surface area contributed by atoms with Crippen molar-refractivity contribution in [2.24, 2.45) is 0 Å². The van der Waals surface area contributed by atoms with Crippen molar-refractivity contribution in [2.75, 3.05) is 0 Å². The van der Waals surface area contributed by atoms with Crippen LogP contribution in [0.1, 0.15) is 36.0 Å². The van der Waals surface area contributed by atoms with Crippen LogP contribution in [0, 0.1) is 0 Å². The number of H-pyrrole nitrogens is 1. The van der Waals surface area contributed by atoms with Gasteiger partial charge in [0.2, 0.25) is 0 Å². The van der Waals surface area contributed by atoms with Crippen molar-refractivity contribution >= 4 is 22.8 Å². The van der Waals surface area contributed by atoms with Crippen molar-refractivity contribution in [1.82, 2.24) is 10.3 Å². The summed E-state index contributed by atoms with van der Waals surface area (Å²) >= 11 is 0. The van der Waals surface area contributed by atoms with Crippen LogP contribution in [-0.4, -0.2) is 27.5 Å². The van der Waals surface area contributed by atoms with Crippen LogP contribution in [0.3, 0.4) is 0 Å². The summed E-state index contributed by atoms with van der Waals surface area (Å²) in [5.74, 6) is -1.07. The van der Waals surface area contributed by atoms with Gasteiger partial charge in [-0.25, -0.2) is 0 Å². The molecule has 1 aliphatic rings. The van der Waals surface area contributed by atoms with E-state index in [4.69, 9.17) is 5.11 Å². The molecule has 1 amide bonds. The van der Waals surface area contributed by atoms with Crippen molar-refractivity contribution in [3.8, 4) is 0 Å². The zero-order chi connectivity index (χ0) is 14.2. The summed E-state index contributed by atoms with van der Waals surface area (Å²) in [5.41, 5.74) is 0.981. The molecule has 0 unspecified atom stereocenters.